The number of methoxy groups -OCH3 is 2. The van der Waals surface area contributed by atoms with Gasteiger partial charge in [0.2, 0.25) is 11.6 Å². The van der Waals surface area contributed by atoms with Crippen LogP contribution in [-0.4, -0.2) is 19.2 Å². The van der Waals surface area contributed by atoms with Crippen LogP contribution in [-0.2, 0) is 5.11 Å². The number of aromatic nitrogens is 1. The zero-order valence-corrected chi connectivity index (χ0v) is 6.33. The van der Waals surface area contributed by atoms with Gasteiger partial charge >= 0.3 is 0 Å². The number of pyridine rings is 1. The lowest BCUT2D eigenvalue weighted by molar-refractivity contribution is 0.299. The van der Waals surface area contributed by atoms with Crippen LogP contribution in [0.3, 0.4) is 0 Å². The van der Waals surface area contributed by atoms with Gasteiger partial charge in [-0.15, -0.1) is 0 Å². The highest BCUT2D eigenvalue weighted by atomic mass is 16.5. The van der Waals surface area contributed by atoms with E-state index in [0.717, 1.165) is 0 Å². The molecular weight excluding hydrogens is 146 g/mol. The summed E-state index contributed by atoms with van der Waals surface area (Å²) in [6.45, 7) is 0. The van der Waals surface area contributed by atoms with Crippen LogP contribution < -0.4 is 9.47 Å². The summed E-state index contributed by atoms with van der Waals surface area (Å²) in [6.07, 6.45) is 0. The van der Waals surface area contributed by atoms with Crippen molar-refractivity contribution in [1.29, 1.82) is 0 Å². The number of hydrogen-bond donors (Lipinski definition) is 0. The topological polar surface area (TPSA) is 51.2 Å². The number of rotatable bonds is 2. The molecule has 1 heterocycles. The standard InChI is InChI=1S/C7H8NO3/c1-10-6-4-3-5(9)7(8-6)11-2/h3-4H,1-2H3. The Morgan fingerprint density at radius 3 is 2.55 bits per heavy atom. The fourth-order valence-corrected chi connectivity index (χ4v) is 0.671. The van der Waals surface area contributed by atoms with Crippen molar-refractivity contribution in [2.75, 3.05) is 14.2 Å². The van der Waals surface area contributed by atoms with Crippen LogP contribution >= 0.6 is 0 Å². The van der Waals surface area contributed by atoms with Gasteiger partial charge in [-0.1, -0.05) is 0 Å². The molecule has 0 N–H and O–H groups in total. The van der Waals surface area contributed by atoms with Gasteiger partial charge in [0.1, 0.15) is 0 Å². The molecule has 0 saturated carbocycles. The highest BCUT2D eigenvalue weighted by Gasteiger charge is 2.05. The maximum absolute atomic E-state index is 10.9. The third kappa shape index (κ3) is 1.52. The van der Waals surface area contributed by atoms with Crippen molar-refractivity contribution in [3.05, 3.63) is 12.1 Å². The van der Waals surface area contributed by atoms with Crippen molar-refractivity contribution in [3.63, 3.8) is 0 Å². The molecule has 1 aromatic rings. The third-order valence-electron chi connectivity index (χ3n) is 1.20. The average Bonchev–Trinajstić information content (AvgIpc) is 2.05. The maximum Gasteiger partial charge on any atom is 0.265 e. The fraction of sp³-hybridized carbons (Fsp3) is 0.286. The van der Waals surface area contributed by atoms with Gasteiger partial charge in [-0.2, -0.15) is 4.98 Å². The van der Waals surface area contributed by atoms with E-state index in [1.807, 2.05) is 0 Å². The quantitative estimate of drug-likeness (QED) is 0.644. The normalized spacial score (nSPS) is 9.27. The molecule has 0 aliphatic carbocycles. The van der Waals surface area contributed by atoms with E-state index in [4.69, 9.17) is 4.74 Å². The molecule has 0 fully saturated rings. The van der Waals surface area contributed by atoms with Crippen LogP contribution in [0.1, 0.15) is 0 Å². The second kappa shape index (κ2) is 3.09. The summed E-state index contributed by atoms with van der Waals surface area (Å²) in [4.78, 5) is 3.75. The monoisotopic (exact) mass is 154 g/mol. The highest BCUT2D eigenvalue weighted by Crippen LogP contribution is 2.25. The molecule has 1 aromatic heterocycles. The van der Waals surface area contributed by atoms with E-state index in [-0.39, 0.29) is 11.6 Å². The van der Waals surface area contributed by atoms with E-state index in [1.54, 1.807) is 0 Å². The van der Waals surface area contributed by atoms with Gasteiger partial charge in [0.25, 0.3) is 5.88 Å². The maximum atomic E-state index is 10.9. The average molecular weight is 154 g/mol. The van der Waals surface area contributed by atoms with Gasteiger partial charge in [-0.05, 0) is 6.07 Å². The van der Waals surface area contributed by atoms with Crippen molar-refractivity contribution in [2.24, 2.45) is 0 Å². The Hall–Kier alpha value is -1.45. The second-order valence-corrected chi connectivity index (χ2v) is 1.86. The van der Waals surface area contributed by atoms with Crippen molar-refractivity contribution in [2.45, 2.75) is 0 Å². The Morgan fingerprint density at radius 2 is 2.00 bits per heavy atom. The minimum atomic E-state index is -0.242. The zero-order chi connectivity index (χ0) is 8.27. The Kier molecular flexibility index (Phi) is 2.15. The summed E-state index contributed by atoms with van der Waals surface area (Å²) in [5.41, 5.74) is 0. The smallest absolute Gasteiger partial charge is 0.265 e. The van der Waals surface area contributed by atoms with E-state index >= 15 is 0 Å². The lowest BCUT2D eigenvalue weighted by Crippen LogP contribution is -1.91. The van der Waals surface area contributed by atoms with Crippen LogP contribution in [0, 0.1) is 0 Å². The summed E-state index contributed by atoms with van der Waals surface area (Å²) in [6, 6.07) is 2.84. The molecule has 4 heteroatoms. The predicted octanol–water partition coefficient (Wildman–Crippen LogP) is 1.24. The number of ether oxygens (including phenoxy) is 2. The van der Waals surface area contributed by atoms with Gasteiger partial charge in [-0.3, -0.25) is 5.11 Å². The van der Waals surface area contributed by atoms with Gasteiger partial charge in [0, 0.05) is 6.07 Å². The van der Waals surface area contributed by atoms with E-state index in [9.17, 15) is 5.11 Å². The Bertz CT molecular complexity index is 249. The van der Waals surface area contributed by atoms with Crippen LogP contribution in [0.5, 0.6) is 17.5 Å². The molecule has 0 aliphatic heterocycles. The highest BCUT2D eigenvalue weighted by molar-refractivity contribution is 5.34. The van der Waals surface area contributed by atoms with Crippen LogP contribution in [0.25, 0.3) is 0 Å². The first kappa shape index (κ1) is 7.65. The van der Waals surface area contributed by atoms with Gasteiger partial charge in [0.15, 0.2) is 0 Å². The molecule has 1 rings (SSSR count). The van der Waals surface area contributed by atoms with Crippen LogP contribution in [0.15, 0.2) is 12.1 Å². The van der Waals surface area contributed by atoms with Gasteiger partial charge in [0.05, 0.1) is 14.2 Å². The van der Waals surface area contributed by atoms with Crippen molar-refractivity contribution in [1.82, 2.24) is 4.98 Å². The summed E-state index contributed by atoms with van der Waals surface area (Å²) in [5, 5.41) is 10.9. The van der Waals surface area contributed by atoms with Gasteiger partial charge in [-0.25, -0.2) is 0 Å². The van der Waals surface area contributed by atoms with Crippen molar-refractivity contribution in [3.8, 4) is 17.5 Å². The molecular formula is C7H8NO3. The summed E-state index contributed by atoms with van der Waals surface area (Å²) < 4.78 is 9.47. The van der Waals surface area contributed by atoms with Crippen molar-refractivity contribution >= 4 is 0 Å². The minimum absolute atomic E-state index is 0.0596. The van der Waals surface area contributed by atoms with E-state index in [2.05, 4.69) is 9.72 Å². The Labute approximate surface area is 64.4 Å². The number of nitrogens with zero attached hydrogens (tertiary/aromatic N) is 1. The molecule has 0 aliphatic rings. The fourth-order valence-electron chi connectivity index (χ4n) is 0.671. The summed E-state index contributed by atoms with van der Waals surface area (Å²) in [7, 11) is 2.87. The van der Waals surface area contributed by atoms with Crippen LogP contribution in [0.4, 0.5) is 0 Å². The molecule has 11 heavy (non-hydrogen) atoms. The molecule has 59 valence electrons. The largest absolute Gasteiger partial charge is 0.481 e. The molecule has 4 nitrogen and oxygen atoms in total. The minimum Gasteiger partial charge on any atom is -0.481 e. The van der Waals surface area contributed by atoms with E-state index in [1.165, 1.54) is 26.4 Å². The Morgan fingerprint density at radius 1 is 1.27 bits per heavy atom. The molecule has 0 saturated heterocycles. The lowest BCUT2D eigenvalue weighted by Gasteiger charge is -2.01. The SMILES string of the molecule is COc1ccc([O])c(OC)n1. The molecule has 1 radical (unpaired) electrons. The Balaban J connectivity index is 3.02. The molecule has 0 spiro atoms. The van der Waals surface area contributed by atoms with E-state index < -0.39 is 0 Å². The van der Waals surface area contributed by atoms with Crippen molar-refractivity contribution < 1.29 is 14.6 Å². The zero-order valence-electron chi connectivity index (χ0n) is 6.33. The predicted molar refractivity (Wildman–Crippen MR) is 37.5 cm³/mol. The molecule has 0 amide bonds. The second-order valence-electron chi connectivity index (χ2n) is 1.86. The summed E-state index contributed by atoms with van der Waals surface area (Å²) >= 11 is 0. The first-order valence-electron chi connectivity index (χ1n) is 3.04. The lowest BCUT2D eigenvalue weighted by atomic mass is 10.4. The first-order chi connectivity index (χ1) is 5.27. The van der Waals surface area contributed by atoms with Gasteiger partial charge < -0.3 is 9.47 Å². The summed E-state index contributed by atoms with van der Waals surface area (Å²) in [5.74, 6) is 0.194. The van der Waals surface area contributed by atoms with E-state index in [0.29, 0.717) is 5.88 Å². The molecule has 0 atom stereocenters. The molecule has 0 unspecified atom stereocenters. The molecule has 0 bridgehead atoms. The third-order valence-corrected chi connectivity index (χ3v) is 1.20. The van der Waals surface area contributed by atoms with Crippen LogP contribution in [0.2, 0.25) is 0 Å². The number of hydrogen-bond acceptors (Lipinski definition) is 3. The molecule has 0 aromatic carbocycles. The first-order valence-corrected chi connectivity index (χ1v) is 3.04.